The molecule has 1 saturated heterocycles. The van der Waals surface area contributed by atoms with E-state index in [4.69, 9.17) is 20.2 Å². The molecule has 1 atom stereocenters. The third-order valence-corrected chi connectivity index (χ3v) is 6.07. The molecule has 0 radical (unpaired) electrons. The van der Waals surface area contributed by atoms with Gasteiger partial charge in [0, 0.05) is 56.9 Å². The summed E-state index contributed by atoms with van der Waals surface area (Å²) in [6.07, 6.45) is 6.52. The minimum Gasteiger partial charge on any atom is -0.496 e. The van der Waals surface area contributed by atoms with Crippen molar-refractivity contribution in [2.45, 2.75) is 25.0 Å². The fourth-order valence-electron chi connectivity index (χ4n) is 4.27. The number of hydrogen-bond acceptors (Lipinski definition) is 9. The van der Waals surface area contributed by atoms with E-state index in [1.54, 1.807) is 26.4 Å². The van der Waals surface area contributed by atoms with Gasteiger partial charge in [-0.05, 0) is 37.3 Å². The van der Waals surface area contributed by atoms with Crippen LogP contribution in [0.15, 0.2) is 46.7 Å². The molecule has 1 fully saturated rings. The molecule has 2 aromatic rings. The summed E-state index contributed by atoms with van der Waals surface area (Å²) in [5.41, 5.74) is 9.36. The number of nitrogens with one attached hydrogen (secondary N) is 3. The molecule has 10 nitrogen and oxygen atoms in total. The maximum Gasteiger partial charge on any atom is 0.206 e. The molecule has 178 valence electrons. The Hall–Kier alpha value is -3.81. The lowest BCUT2D eigenvalue weighted by Gasteiger charge is -2.38. The number of methoxy groups -OCH3 is 1. The molecule has 1 unspecified atom stereocenters. The van der Waals surface area contributed by atoms with Gasteiger partial charge in [-0.3, -0.25) is 10.3 Å². The molecule has 3 heterocycles. The average molecular weight is 463 g/mol. The summed E-state index contributed by atoms with van der Waals surface area (Å²) in [5.74, 6) is 1.97. The zero-order chi connectivity index (χ0) is 24.1. The summed E-state index contributed by atoms with van der Waals surface area (Å²) in [5, 5.41) is 16.7. The first-order chi connectivity index (χ1) is 16.6. The van der Waals surface area contributed by atoms with Crippen LogP contribution in [0.25, 0.3) is 0 Å². The number of aliphatic imine (C=N–C) groups is 2. The van der Waals surface area contributed by atoms with E-state index in [-0.39, 0.29) is 12.2 Å². The largest absolute Gasteiger partial charge is 0.496 e. The number of fused-ring (bicyclic) bond motifs is 1. The van der Waals surface area contributed by atoms with E-state index in [9.17, 15) is 5.26 Å². The van der Waals surface area contributed by atoms with Crippen LogP contribution in [0.5, 0.6) is 5.75 Å². The van der Waals surface area contributed by atoms with Gasteiger partial charge in [-0.15, -0.1) is 0 Å². The Morgan fingerprint density at radius 2 is 2.21 bits per heavy atom. The zero-order valence-electron chi connectivity index (χ0n) is 19.6. The normalized spacial score (nSPS) is 19.0. The maximum atomic E-state index is 9.64. The number of allylic oxidation sites excluding steroid dienone is 1. The number of anilines is 1. The monoisotopic (exact) mass is 462 g/mol. The van der Waals surface area contributed by atoms with Crippen molar-refractivity contribution in [3.8, 4) is 11.8 Å². The number of ether oxygens (including phenoxy) is 2. The first-order valence-electron chi connectivity index (χ1n) is 11.2. The van der Waals surface area contributed by atoms with Gasteiger partial charge in [-0.25, -0.2) is 0 Å². The molecule has 0 amide bonds. The number of rotatable bonds is 6. The Balaban J connectivity index is 1.64. The minimum atomic E-state index is -0.214. The predicted octanol–water partition coefficient (Wildman–Crippen LogP) is 2.60. The number of aromatic amines is 1. The van der Waals surface area contributed by atoms with Crippen molar-refractivity contribution < 1.29 is 9.47 Å². The van der Waals surface area contributed by atoms with Gasteiger partial charge < -0.3 is 30.4 Å². The summed E-state index contributed by atoms with van der Waals surface area (Å²) >= 11 is 0. The van der Waals surface area contributed by atoms with Crippen molar-refractivity contribution in [2.24, 2.45) is 15.7 Å². The van der Waals surface area contributed by atoms with E-state index in [2.05, 4.69) is 26.7 Å². The summed E-state index contributed by atoms with van der Waals surface area (Å²) in [4.78, 5) is 14.2. The molecule has 0 spiro atoms. The number of guanidine groups is 1. The van der Waals surface area contributed by atoms with Crippen LogP contribution in [0.1, 0.15) is 35.7 Å². The van der Waals surface area contributed by atoms with Gasteiger partial charge >= 0.3 is 0 Å². The first kappa shape index (κ1) is 23.4. The van der Waals surface area contributed by atoms with Crippen molar-refractivity contribution in [3.05, 3.63) is 53.4 Å². The van der Waals surface area contributed by atoms with Crippen molar-refractivity contribution in [1.29, 1.82) is 5.26 Å². The Morgan fingerprint density at radius 3 is 2.88 bits per heavy atom. The minimum absolute atomic E-state index is 0.214. The fraction of sp³-hybridized carbons (Fsp3) is 0.375. The molecule has 0 bridgehead atoms. The van der Waals surface area contributed by atoms with Crippen molar-refractivity contribution in [1.82, 2.24) is 15.2 Å². The Kier molecular flexibility index (Phi) is 7.15. The first-order valence-corrected chi connectivity index (χ1v) is 11.2. The molecule has 0 aliphatic carbocycles. The van der Waals surface area contributed by atoms with E-state index >= 15 is 0 Å². The molecule has 2 aliphatic rings. The van der Waals surface area contributed by atoms with E-state index in [0.29, 0.717) is 23.1 Å². The van der Waals surface area contributed by atoms with Gasteiger partial charge in [0.2, 0.25) is 5.96 Å². The highest BCUT2D eigenvalue weighted by molar-refractivity contribution is 6.11. The molecule has 5 N–H and O–H groups in total. The summed E-state index contributed by atoms with van der Waals surface area (Å²) in [6, 6.07) is 8.33. The number of nitrogens with zero attached hydrogens (tertiary/aromatic N) is 4. The summed E-state index contributed by atoms with van der Waals surface area (Å²) in [7, 11) is 5.29. The average Bonchev–Trinajstić information content (AvgIpc) is 3.28. The van der Waals surface area contributed by atoms with Crippen LogP contribution in [0.2, 0.25) is 0 Å². The Morgan fingerprint density at radius 1 is 1.41 bits per heavy atom. The molecule has 4 rings (SSSR count). The molecule has 2 aliphatic heterocycles. The second kappa shape index (κ2) is 10.4. The third-order valence-electron chi connectivity index (χ3n) is 6.07. The van der Waals surface area contributed by atoms with Gasteiger partial charge in [-0.1, -0.05) is 0 Å². The van der Waals surface area contributed by atoms with E-state index < -0.39 is 0 Å². The van der Waals surface area contributed by atoms with Crippen LogP contribution >= 0.6 is 0 Å². The Bertz CT molecular complexity index is 1150. The van der Waals surface area contributed by atoms with Crippen LogP contribution in [-0.4, -0.2) is 62.0 Å². The second-order valence-corrected chi connectivity index (χ2v) is 8.09. The smallest absolute Gasteiger partial charge is 0.206 e. The fourth-order valence-corrected chi connectivity index (χ4v) is 4.27. The van der Waals surface area contributed by atoms with Gasteiger partial charge in [0.1, 0.15) is 23.8 Å². The second-order valence-electron chi connectivity index (χ2n) is 8.09. The van der Waals surface area contributed by atoms with Crippen molar-refractivity contribution >= 4 is 23.2 Å². The highest BCUT2D eigenvalue weighted by Gasteiger charge is 2.33. The van der Waals surface area contributed by atoms with Crippen molar-refractivity contribution in [2.75, 3.05) is 39.7 Å². The number of nitrogens with two attached hydrogens (primary N) is 1. The highest BCUT2D eigenvalue weighted by atomic mass is 16.5. The molecule has 1 aromatic heterocycles. The zero-order valence-corrected chi connectivity index (χ0v) is 19.6. The van der Waals surface area contributed by atoms with Crippen LogP contribution in [0, 0.1) is 11.3 Å². The van der Waals surface area contributed by atoms with Gasteiger partial charge in [0.05, 0.1) is 23.9 Å². The highest BCUT2D eigenvalue weighted by Crippen LogP contribution is 2.36. The molecule has 0 saturated carbocycles. The predicted molar refractivity (Wildman–Crippen MR) is 132 cm³/mol. The van der Waals surface area contributed by atoms with E-state index in [0.717, 1.165) is 48.6 Å². The third kappa shape index (κ3) is 4.62. The number of nitriles is 1. The topological polar surface area (TPSA) is 136 Å². The van der Waals surface area contributed by atoms with Gasteiger partial charge in [0.25, 0.3) is 0 Å². The molecule has 10 heteroatoms. The van der Waals surface area contributed by atoms with E-state index in [1.165, 1.54) is 6.20 Å². The number of H-pyrrole nitrogens is 1. The van der Waals surface area contributed by atoms with Gasteiger partial charge in [0.15, 0.2) is 0 Å². The number of aromatic nitrogens is 1. The van der Waals surface area contributed by atoms with Crippen molar-refractivity contribution in [3.63, 3.8) is 0 Å². The summed E-state index contributed by atoms with van der Waals surface area (Å²) in [6.45, 7) is 1.46. The lowest BCUT2D eigenvalue weighted by atomic mass is 10.0. The number of hydrogen-bond donors (Lipinski definition) is 4. The SMILES string of the molecule is CN=C(C=CN)c1ccc(NC2=Nc3[nH]cc(C#N)c3C(NC3CCOCC3)N2C)cc1OC. The standard InChI is InChI=1S/C24H30N8O2/c1-27-19(6-9-25)18-5-4-17(12-20(18)33-3)30-24-31-22-21(15(13-26)14-28-22)23(32(24)2)29-16-7-10-34-11-8-16/h4-6,9,12,14,16,23,28-29H,7-8,10-11,25H2,1-3H3,(H,30,31). The van der Waals surface area contributed by atoms with E-state index in [1.807, 2.05) is 30.1 Å². The lowest BCUT2D eigenvalue weighted by Crippen LogP contribution is -2.49. The molecule has 34 heavy (non-hydrogen) atoms. The molecule has 1 aromatic carbocycles. The van der Waals surface area contributed by atoms with Gasteiger partial charge in [-0.2, -0.15) is 10.3 Å². The molecular weight excluding hydrogens is 432 g/mol. The molecular formula is C24H30N8O2. The van der Waals surface area contributed by atoms with Crippen LogP contribution < -0.4 is 21.1 Å². The lowest BCUT2D eigenvalue weighted by molar-refractivity contribution is 0.0691. The Labute approximate surface area is 199 Å². The van der Waals surface area contributed by atoms with Crippen LogP contribution in [0.3, 0.4) is 0 Å². The van der Waals surface area contributed by atoms with Crippen LogP contribution in [0.4, 0.5) is 11.5 Å². The van der Waals surface area contributed by atoms with Crippen LogP contribution in [-0.2, 0) is 4.74 Å². The maximum absolute atomic E-state index is 9.64. The quantitative estimate of drug-likeness (QED) is 0.485. The number of benzene rings is 1. The summed E-state index contributed by atoms with van der Waals surface area (Å²) < 4.78 is 11.1.